The number of rotatable bonds is 8. The Balaban J connectivity index is 1.67. The first-order chi connectivity index (χ1) is 18.7. The van der Waals surface area contributed by atoms with Crippen LogP contribution in [0.5, 0.6) is 0 Å². The average molecular weight is 605 g/mol. The zero-order chi connectivity index (χ0) is 29.4. The van der Waals surface area contributed by atoms with E-state index in [1.54, 1.807) is 0 Å². The Kier molecular flexibility index (Phi) is 8.82. The van der Waals surface area contributed by atoms with Crippen molar-refractivity contribution in [3.05, 3.63) is 45.5 Å². The largest absolute Gasteiger partial charge is 0.481 e. The normalized spacial score (nSPS) is 22.7. The Labute approximate surface area is 238 Å². The van der Waals surface area contributed by atoms with Crippen molar-refractivity contribution < 1.29 is 37.4 Å². The molecule has 2 fully saturated rings. The molecule has 218 valence electrons. The van der Waals surface area contributed by atoms with Crippen LogP contribution in [0.3, 0.4) is 0 Å². The van der Waals surface area contributed by atoms with Gasteiger partial charge in [-0.1, -0.05) is 23.2 Å². The number of pyridine rings is 1. The summed E-state index contributed by atoms with van der Waals surface area (Å²) in [6, 6.07) is -0.725. The van der Waals surface area contributed by atoms with E-state index in [0.29, 0.717) is 12.8 Å². The highest BCUT2D eigenvalue weighted by Crippen LogP contribution is 2.39. The van der Waals surface area contributed by atoms with Crippen molar-refractivity contribution in [2.24, 2.45) is 5.92 Å². The number of hydrogen-bond acceptors (Lipinski definition) is 6. The molecule has 1 saturated heterocycles. The lowest BCUT2D eigenvalue weighted by Crippen LogP contribution is -2.42. The predicted molar refractivity (Wildman–Crippen MR) is 139 cm³/mol. The van der Waals surface area contributed by atoms with Crippen molar-refractivity contribution in [1.82, 2.24) is 19.7 Å². The summed E-state index contributed by atoms with van der Waals surface area (Å²) in [5, 5.41) is 13.1. The number of hydrogen-bond donors (Lipinski definition) is 1. The number of amides is 1. The SMILES string of the molecule is CC1(C)CC[C@H](CN(CC(=O)c2c(Cl)cncc2Cl)C(=O)c2cnn(C3CCC(C(=O)O)CC3)c2C(F)(F)F)O1. The first-order valence-electron chi connectivity index (χ1n) is 12.8. The first-order valence-corrected chi connectivity index (χ1v) is 13.6. The van der Waals surface area contributed by atoms with Gasteiger partial charge in [0.15, 0.2) is 11.5 Å². The van der Waals surface area contributed by atoms with Crippen molar-refractivity contribution in [2.45, 2.75) is 76.3 Å². The van der Waals surface area contributed by atoms with Gasteiger partial charge < -0.3 is 14.7 Å². The van der Waals surface area contributed by atoms with E-state index in [9.17, 15) is 32.7 Å². The summed E-state index contributed by atoms with van der Waals surface area (Å²) < 4.78 is 50.0. The quantitative estimate of drug-likeness (QED) is 0.384. The standard InChI is InChI=1S/C26H29Cl2F3N4O5/c1-25(2)8-7-16(40-25)12-34(13-20(36)21-18(27)10-32-11-19(21)28)23(37)17-9-33-35(22(17)26(29,30)31)15-5-3-14(4-6-15)24(38)39/h9-11,14-16H,3-8,12-13H2,1-2H3,(H,38,39)/t14?,15?,16-/m1/s1. The van der Waals surface area contributed by atoms with Gasteiger partial charge in [-0.25, -0.2) is 0 Å². The molecule has 4 rings (SSSR count). The van der Waals surface area contributed by atoms with E-state index in [-0.39, 0.29) is 47.8 Å². The molecule has 1 aliphatic heterocycles. The van der Waals surface area contributed by atoms with Gasteiger partial charge in [0.1, 0.15) is 0 Å². The third kappa shape index (κ3) is 6.60. The minimum Gasteiger partial charge on any atom is -0.481 e. The summed E-state index contributed by atoms with van der Waals surface area (Å²) >= 11 is 12.2. The van der Waals surface area contributed by atoms with Crippen LogP contribution in [0.25, 0.3) is 0 Å². The molecule has 1 aliphatic carbocycles. The summed E-state index contributed by atoms with van der Waals surface area (Å²) in [5.41, 5.74) is -2.52. The van der Waals surface area contributed by atoms with E-state index in [2.05, 4.69) is 10.1 Å². The van der Waals surface area contributed by atoms with Crippen LogP contribution in [0.15, 0.2) is 18.6 Å². The van der Waals surface area contributed by atoms with Crippen molar-refractivity contribution in [3.63, 3.8) is 0 Å². The number of carboxylic acid groups (broad SMARTS) is 1. The first kappa shape index (κ1) is 30.3. The minimum atomic E-state index is -4.94. The number of carboxylic acids is 1. The molecule has 1 atom stereocenters. The predicted octanol–water partition coefficient (Wildman–Crippen LogP) is 5.70. The number of aromatic nitrogens is 3. The Morgan fingerprint density at radius 1 is 1.10 bits per heavy atom. The lowest BCUT2D eigenvalue weighted by atomic mass is 9.86. The van der Waals surface area contributed by atoms with E-state index in [1.807, 2.05) is 13.8 Å². The van der Waals surface area contributed by atoms with E-state index in [1.165, 1.54) is 12.4 Å². The highest BCUT2D eigenvalue weighted by atomic mass is 35.5. The zero-order valence-corrected chi connectivity index (χ0v) is 23.4. The number of carbonyl (C=O) groups is 3. The van der Waals surface area contributed by atoms with Gasteiger partial charge in [-0.05, 0) is 52.4 Å². The molecule has 40 heavy (non-hydrogen) atoms. The fourth-order valence-corrected chi connectivity index (χ4v) is 5.99. The maximum Gasteiger partial charge on any atom is 0.433 e. The minimum absolute atomic E-state index is 0.0519. The monoisotopic (exact) mass is 604 g/mol. The molecule has 2 aliphatic rings. The van der Waals surface area contributed by atoms with Crippen LogP contribution in [0.4, 0.5) is 13.2 Å². The van der Waals surface area contributed by atoms with Gasteiger partial charge in [0, 0.05) is 18.9 Å². The molecule has 1 amide bonds. The molecule has 0 aromatic carbocycles. The summed E-state index contributed by atoms with van der Waals surface area (Å²) in [5.74, 6) is -3.33. The molecule has 14 heteroatoms. The molecular weight excluding hydrogens is 576 g/mol. The van der Waals surface area contributed by atoms with Crippen molar-refractivity contribution in [1.29, 1.82) is 0 Å². The van der Waals surface area contributed by atoms with Gasteiger partial charge in [0.2, 0.25) is 0 Å². The third-order valence-electron chi connectivity index (χ3n) is 7.42. The summed E-state index contributed by atoms with van der Waals surface area (Å²) in [7, 11) is 0. The third-order valence-corrected chi connectivity index (χ3v) is 7.99. The average Bonchev–Trinajstić information content (AvgIpc) is 3.46. The molecule has 2 aromatic heterocycles. The Bertz CT molecular complexity index is 1270. The van der Waals surface area contributed by atoms with E-state index < -0.39 is 65.3 Å². The second-order valence-corrected chi connectivity index (χ2v) is 11.6. The van der Waals surface area contributed by atoms with Gasteiger partial charge in [0.05, 0.1) is 57.6 Å². The molecule has 0 unspecified atom stereocenters. The zero-order valence-electron chi connectivity index (χ0n) is 21.9. The Morgan fingerprint density at radius 3 is 2.25 bits per heavy atom. The van der Waals surface area contributed by atoms with Gasteiger partial charge in [-0.3, -0.25) is 24.0 Å². The topological polar surface area (TPSA) is 115 Å². The molecule has 9 nitrogen and oxygen atoms in total. The van der Waals surface area contributed by atoms with Gasteiger partial charge in [-0.2, -0.15) is 18.3 Å². The maximum absolute atomic E-state index is 14.4. The number of carbonyl (C=O) groups excluding carboxylic acids is 2. The summed E-state index contributed by atoms with van der Waals surface area (Å²) in [6.45, 7) is 2.99. The number of Topliss-reactive ketones (excluding diaryl/α,β-unsaturated/α-hetero) is 1. The van der Waals surface area contributed by atoms with E-state index in [4.69, 9.17) is 27.9 Å². The van der Waals surface area contributed by atoms with E-state index >= 15 is 0 Å². The summed E-state index contributed by atoms with van der Waals surface area (Å²) in [6.07, 6.45) is -0.232. The number of alkyl halides is 3. The molecular formula is C26H29Cl2F3N4O5. The fourth-order valence-electron chi connectivity index (χ4n) is 5.42. The number of aliphatic carboxylic acids is 1. The Hall–Kier alpha value is -2.70. The Morgan fingerprint density at radius 2 is 1.73 bits per heavy atom. The highest BCUT2D eigenvalue weighted by molar-refractivity contribution is 6.39. The molecule has 0 spiro atoms. The molecule has 2 aromatic rings. The van der Waals surface area contributed by atoms with Crippen molar-refractivity contribution in [2.75, 3.05) is 13.1 Å². The smallest absolute Gasteiger partial charge is 0.433 e. The molecule has 0 bridgehead atoms. The molecule has 3 heterocycles. The molecule has 1 saturated carbocycles. The second kappa shape index (κ2) is 11.7. The fraction of sp³-hybridized carbons (Fsp3) is 0.577. The van der Waals surface area contributed by atoms with Crippen LogP contribution >= 0.6 is 23.2 Å². The highest BCUT2D eigenvalue weighted by Gasteiger charge is 2.44. The number of ether oxygens (including phenoxy) is 1. The maximum atomic E-state index is 14.4. The van der Waals surface area contributed by atoms with Crippen LogP contribution in [-0.4, -0.2) is 67.2 Å². The summed E-state index contributed by atoms with van der Waals surface area (Å²) in [4.78, 5) is 43.1. The number of halogens is 5. The lowest BCUT2D eigenvalue weighted by molar-refractivity contribution is -0.147. The van der Waals surface area contributed by atoms with Crippen LogP contribution < -0.4 is 0 Å². The second-order valence-electron chi connectivity index (χ2n) is 10.8. The number of nitrogens with zero attached hydrogens (tertiary/aromatic N) is 4. The van der Waals surface area contributed by atoms with Gasteiger partial charge >= 0.3 is 12.1 Å². The van der Waals surface area contributed by atoms with Crippen LogP contribution in [-0.2, 0) is 15.7 Å². The van der Waals surface area contributed by atoms with Crippen LogP contribution in [0, 0.1) is 5.92 Å². The molecule has 0 radical (unpaired) electrons. The van der Waals surface area contributed by atoms with Gasteiger partial charge in [-0.15, -0.1) is 0 Å². The van der Waals surface area contributed by atoms with Crippen LogP contribution in [0.2, 0.25) is 10.0 Å². The lowest BCUT2D eigenvalue weighted by Gasteiger charge is -2.29. The van der Waals surface area contributed by atoms with E-state index in [0.717, 1.165) is 15.8 Å². The van der Waals surface area contributed by atoms with Crippen molar-refractivity contribution >= 4 is 40.9 Å². The van der Waals surface area contributed by atoms with Crippen molar-refractivity contribution in [3.8, 4) is 0 Å². The molecule has 1 N–H and O–H groups in total. The van der Waals surface area contributed by atoms with Crippen LogP contribution in [0.1, 0.15) is 84.8 Å². The van der Waals surface area contributed by atoms with Gasteiger partial charge in [0.25, 0.3) is 5.91 Å². The number of ketones is 1.